The Hall–Kier alpha value is -2.89. The molecule has 1 unspecified atom stereocenters. The smallest absolute Gasteiger partial charge is 0.306 e. The fourth-order valence-electron chi connectivity index (χ4n) is 7.65. The quantitative estimate of drug-likeness (QED) is 0.0262. The van der Waals surface area contributed by atoms with Crippen LogP contribution in [0.2, 0.25) is 0 Å². The van der Waals surface area contributed by atoms with E-state index >= 15 is 0 Å². The average Bonchev–Trinajstić information content (AvgIpc) is 3.28. The molecule has 0 aliphatic carbocycles. The molecular weight excluding hydrogens is 781 g/mol. The van der Waals surface area contributed by atoms with Crippen molar-refractivity contribution in [1.82, 2.24) is 0 Å². The lowest BCUT2D eigenvalue weighted by atomic mass is 10.0. The Balaban J connectivity index is 4.41. The summed E-state index contributed by atoms with van der Waals surface area (Å²) in [4.78, 5) is 38.0. The fourth-order valence-corrected chi connectivity index (χ4v) is 7.65. The van der Waals surface area contributed by atoms with Crippen LogP contribution in [-0.2, 0) is 28.6 Å². The van der Waals surface area contributed by atoms with E-state index < -0.39 is 6.10 Å². The molecule has 0 bridgehead atoms. The molecule has 0 aliphatic rings. The number of allylic oxidation sites excluding steroid dienone is 10. The van der Waals surface area contributed by atoms with Gasteiger partial charge in [0.1, 0.15) is 13.2 Å². The molecule has 0 N–H and O–H groups in total. The zero-order valence-corrected chi connectivity index (χ0v) is 41.6. The highest BCUT2D eigenvalue weighted by molar-refractivity contribution is 5.71. The van der Waals surface area contributed by atoms with Gasteiger partial charge in [-0.3, -0.25) is 14.4 Å². The van der Waals surface area contributed by atoms with E-state index in [0.717, 1.165) is 51.4 Å². The Bertz CT molecular complexity index is 1150. The summed E-state index contributed by atoms with van der Waals surface area (Å²) in [5.74, 6) is -0.959. The predicted octanol–water partition coefficient (Wildman–Crippen LogP) is 17.6. The predicted molar refractivity (Wildman–Crippen MR) is 270 cm³/mol. The van der Waals surface area contributed by atoms with Crippen molar-refractivity contribution in [3.8, 4) is 0 Å². The van der Waals surface area contributed by atoms with Gasteiger partial charge in [-0.05, 0) is 32.1 Å². The molecule has 0 fully saturated rings. The van der Waals surface area contributed by atoms with E-state index in [1.165, 1.54) is 167 Å². The zero-order chi connectivity index (χ0) is 45.8. The maximum Gasteiger partial charge on any atom is 0.306 e. The number of unbranched alkanes of at least 4 members (excludes halogenated alkanes) is 31. The Labute approximate surface area is 390 Å². The number of hydrogen-bond donors (Lipinski definition) is 0. The first-order chi connectivity index (χ1) is 31.0. The number of rotatable bonds is 48. The fraction of sp³-hybridized carbons (Fsp3) is 0.772. The van der Waals surface area contributed by atoms with Crippen LogP contribution in [0.25, 0.3) is 0 Å². The second kappa shape index (κ2) is 51.7. The van der Waals surface area contributed by atoms with Crippen molar-refractivity contribution in [2.24, 2.45) is 0 Å². The zero-order valence-electron chi connectivity index (χ0n) is 41.6. The van der Waals surface area contributed by atoms with Crippen LogP contribution in [0.4, 0.5) is 0 Å². The summed E-state index contributed by atoms with van der Waals surface area (Å²) in [6.45, 7) is 6.46. The first-order valence-corrected chi connectivity index (χ1v) is 26.9. The molecule has 0 aromatic rings. The molecule has 0 saturated carbocycles. The number of hydrogen-bond acceptors (Lipinski definition) is 6. The lowest BCUT2D eigenvalue weighted by Gasteiger charge is -2.18. The van der Waals surface area contributed by atoms with Crippen molar-refractivity contribution >= 4 is 17.9 Å². The highest BCUT2D eigenvalue weighted by atomic mass is 16.6. The van der Waals surface area contributed by atoms with Gasteiger partial charge in [0.2, 0.25) is 0 Å². The summed E-state index contributed by atoms with van der Waals surface area (Å²) in [5, 5.41) is 0. The molecular formula is C57H100O6. The van der Waals surface area contributed by atoms with E-state index in [9.17, 15) is 14.4 Å². The van der Waals surface area contributed by atoms with Gasteiger partial charge in [-0.2, -0.15) is 0 Å². The van der Waals surface area contributed by atoms with Crippen LogP contribution >= 0.6 is 0 Å². The molecule has 1 atom stereocenters. The van der Waals surface area contributed by atoms with Crippen molar-refractivity contribution < 1.29 is 28.6 Å². The van der Waals surface area contributed by atoms with E-state index in [2.05, 4.69) is 26.8 Å². The van der Waals surface area contributed by atoms with Gasteiger partial charge in [0.05, 0.1) is 0 Å². The minimum atomic E-state index is -0.798. The summed E-state index contributed by atoms with van der Waals surface area (Å²) in [5.41, 5.74) is 0. The van der Waals surface area contributed by atoms with Gasteiger partial charge in [-0.1, -0.05) is 274 Å². The highest BCUT2D eigenvalue weighted by Gasteiger charge is 2.19. The molecule has 0 rings (SSSR count). The van der Waals surface area contributed by atoms with Crippen molar-refractivity contribution in [2.45, 2.75) is 271 Å². The first kappa shape index (κ1) is 60.1. The summed E-state index contributed by atoms with van der Waals surface area (Å²) in [6.07, 6.45) is 63.6. The first-order valence-electron chi connectivity index (χ1n) is 26.9. The third-order valence-electron chi connectivity index (χ3n) is 11.7. The third-order valence-corrected chi connectivity index (χ3v) is 11.7. The van der Waals surface area contributed by atoms with Crippen LogP contribution < -0.4 is 0 Å². The van der Waals surface area contributed by atoms with E-state index in [-0.39, 0.29) is 37.5 Å². The van der Waals surface area contributed by atoms with Crippen molar-refractivity contribution in [3.05, 3.63) is 60.8 Å². The van der Waals surface area contributed by atoms with Crippen LogP contribution in [0.3, 0.4) is 0 Å². The summed E-state index contributed by atoms with van der Waals surface area (Å²) in [7, 11) is 0. The molecule has 0 saturated heterocycles. The maximum absolute atomic E-state index is 12.8. The van der Waals surface area contributed by atoms with E-state index in [0.29, 0.717) is 19.3 Å². The van der Waals surface area contributed by atoms with E-state index in [1.54, 1.807) is 0 Å². The number of carbonyl (C=O) groups is 3. The molecule has 0 amide bonds. The van der Waals surface area contributed by atoms with Crippen molar-refractivity contribution in [2.75, 3.05) is 13.2 Å². The van der Waals surface area contributed by atoms with Gasteiger partial charge in [-0.15, -0.1) is 0 Å². The van der Waals surface area contributed by atoms with Crippen LogP contribution in [0.5, 0.6) is 0 Å². The summed E-state index contributed by atoms with van der Waals surface area (Å²) in [6, 6.07) is 0. The van der Waals surface area contributed by atoms with Gasteiger partial charge in [0, 0.05) is 19.3 Å². The van der Waals surface area contributed by atoms with Crippen LogP contribution in [0, 0.1) is 0 Å². The summed E-state index contributed by atoms with van der Waals surface area (Å²) < 4.78 is 16.8. The van der Waals surface area contributed by atoms with Gasteiger partial charge in [0.25, 0.3) is 0 Å². The normalized spacial score (nSPS) is 12.5. The minimum absolute atomic E-state index is 0.0928. The molecule has 6 nitrogen and oxygen atoms in total. The van der Waals surface area contributed by atoms with Crippen molar-refractivity contribution in [3.63, 3.8) is 0 Å². The molecule has 364 valence electrons. The largest absolute Gasteiger partial charge is 0.462 e. The molecule has 6 heteroatoms. The monoisotopic (exact) mass is 881 g/mol. The Morgan fingerprint density at radius 1 is 0.333 bits per heavy atom. The lowest BCUT2D eigenvalue weighted by molar-refractivity contribution is -0.167. The number of ether oxygens (including phenoxy) is 3. The molecule has 0 spiro atoms. The van der Waals surface area contributed by atoms with Crippen LogP contribution in [0.15, 0.2) is 60.8 Å². The standard InChI is InChI=1S/C57H100O6/c1-4-7-10-13-16-19-22-25-27-28-30-32-35-38-41-44-47-50-56(59)62-53-54(52-61-55(58)49-46-43-40-37-34-31-24-21-18-15-12-9-6-3)63-57(60)51-48-45-42-39-36-33-29-26-23-20-17-14-11-8-5-2/h9,12,15,18,21,24,31,34,37,40,54H,4-8,10-11,13-14,16-17,19-20,22-23,25-30,32-33,35-36,38-39,41-53H2,1-3H3/b12-9-,18-15-,24-21-,34-31-,40-37-. The van der Waals surface area contributed by atoms with Gasteiger partial charge in [-0.25, -0.2) is 0 Å². The second-order valence-corrected chi connectivity index (χ2v) is 17.9. The minimum Gasteiger partial charge on any atom is -0.462 e. The van der Waals surface area contributed by atoms with Crippen LogP contribution in [0.1, 0.15) is 265 Å². The van der Waals surface area contributed by atoms with E-state index in [4.69, 9.17) is 14.2 Å². The van der Waals surface area contributed by atoms with Crippen molar-refractivity contribution in [1.29, 1.82) is 0 Å². The topological polar surface area (TPSA) is 78.9 Å². The maximum atomic E-state index is 12.8. The van der Waals surface area contributed by atoms with Gasteiger partial charge < -0.3 is 14.2 Å². The molecule has 0 radical (unpaired) electrons. The molecule has 63 heavy (non-hydrogen) atoms. The van der Waals surface area contributed by atoms with Gasteiger partial charge in [0.15, 0.2) is 6.10 Å². The molecule has 0 aromatic carbocycles. The molecule has 0 aromatic heterocycles. The Morgan fingerprint density at radius 3 is 0.968 bits per heavy atom. The summed E-state index contributed by atoms with van der Waals surface area (Å²) >= 11 is 0. The Morgan fingerprint density at radius 2 is 0.619 bits per heavy atom. The Kier molecular flexibility index (Phi) is 49.4. The second-order valence-electron chi connectivity index (χ2n) is 17.9. The van der Waals surface area contributed by atoms with Crippen LogP contribution in [-0.4, -0.2) is 37.2 Å². The SMILES string of the molecule is CC\C=C/C=C\C=C/C=C\C=C/CCCC(=O)OCC(COC(=O)CCCCCCCCCCCCCCCCCCC)OC(=O)CCCCCCCCCCCCCCCCC. The molecule has 0 heterocycles. The third kappa shape index (κ3) is 50.0. The number of esters is 3. The van der Waals surface area contributed by atoms with Gasteiger partial charge >= 0.3 is 17.9 Å². The van der Waals surface area contributed by atoms with E-state index in [1.807, 2.05) is 54.7 Å². The average molecular weight is 881 g/mol. The molecule has 0 aliphatic heterocycles. The lowest BCUT2D eigenvalue weighted by Crippen LogP contribution is -2.30. The number of carbonyl (C=O) groups excluding carboxylic acids is 3. The highest BCUT2D eigenvalue weighted by Crippen LogP contribution is 2.16.